The molecule has 1 aromatic heterocycles. The van der Waals surface area contributed by atoms with E-state index < -0.39 is 17.7 Å². The summed E-state index contributed by atoms with van der Waals surface area (Å²) in [6.45, 7) is 7.75. The van der Waals surface area contributed by atoms with Gasteiger partial charge in [0.1, 0.15) is 0 Å². The monoisotopic (exact) mass is 406 g/mol. The number of rotatable bonds is 4. The Morgan fingerprint density at radius 3 is 2.59 bits per heavy atom. The van der Waals surface area contributed by atoms with Gasteiger partial charge in [0, 0.05) is 6.42 Å². The largest absolute Gasteiger partial charge is 0.503 e. The number of ketones is 1. The lowest BCUT2D eigenvalue weighted by atomic mass is 9.94. The summed E-state index contributed by atoms with van der Waals surface area (Å²) in [5.74, 6) is -1.30. The maximum Gasteiger partial charge on any atom is 0.296 e. The minimum absolute atomic E-state index is 0.148. The molecule has 0 fully saturated rings. The van der Waals surface area contributed by atoms with Crippen LogP contribution in [0.25, 0.3) is 10.2 Å². The van der Waals surface area contributed by atoms with Gasteiger partial charge < -0.3 is 5.11 Å². The van der Waals surface area contributed by atoms with Crippen molar-refractivity contribution in [3.63, 3.8) is 0 Å². The van der Waals surface area contributed by atoms with E-state index >= 15 is 0 Å². The SMILES string of the molecule is CCC(=O)C1=C(O)C(=O)N(c2nc3cc(C)c(C)cc3s2)C1c1cccc(C)c1. The van der Waals surface area contributed by atoms with Gasteiger partial charge in [-0.2, -0.15) is 0 Å². The second kappa shape index (κ2) is 7.12. The first-order chi connectivity index (χ1) is 13.8. The minimum atomic E-state index is -0.683. The van der Waals surface area contributed by atoms with Crippen LogP contribution in [-0.4, -0.2) is 21.8 Å². The zero-order valence-electron chi connectivity index (χ0n) is 16.8. The highest BCUT2D eigenvalue weighted by molar-refractivity contribution is 7.22. The molecule has 0 spiro atoms. The van der Waals surface area contributed by atoms with Crippen LogP contribution in [0, 0.1) is 20.8 Å². The maximum atomic E-state index is 13.0. The Balaban J connectivity index is 1.91. The Morgan fingerprint density at radius 1 is 1.17 bits per heavy atom. The van der Waals surface area contributed by atoms with Gasteiger partial charge in [-0.1, -0.05) is 48.1 Å². The van der Waals surface area contributed by atoms with Crippen LogP contribution in [0.5, 0.6) is 0 Å². The molecule has 148 valence electrons. The number of nitrogens with zero attached hydrogens (tertiary/aromatic N) is 2. The fourth-order valence-electron chi connectivity index (χ4n) is 3.70. The van der Waals surface area contributed by atoms with E-state index in [1.165, 1.54) is 16.2 Å². The van der Waals surface area contributed by atoms with E-state index in [9.17, 15) is 14.7 Å². The molecule has 2 heterocycles. The molecule has 0 aliphatic carbocycles. The number of fused-ring (bicyclic) bond motifs is 1. The van der Waals surface area contributed by atoms with E-state index in [-0.39, 0.29) is 17.8 Å². The summed E-state index contributed by atoms with van der Waals surface area (Å²) >= 11 is 1.39. The van der Waals surface area contributed by atoms with Crippen molar-refractivity contribution in [1.29, 1.82) is 0 Å². The molecule has 4 rings (SSSR count). The van der Waals surface area contributed by atoms with Gasteiger partial charge in [0.15, 0.2) is 16.7 Å². The van der Waals surface area contributed by atoms with Crippen LogP contribution < -0.4 is 4.90 Å². The Bertz CT molecular complexity index is 1150. The van der Waals surface area contributed by atoms with Crippen molar-refractivity contribution in [1.82, 2.24) is 4.98 Å². The molecular formula is C23H22N2O3S. The molecule has 0 bridgehead atoms. The maximum absolute atomic E-state index is 13.0. The topological polar surface area (TPSA) is 70.5 Å². The van der Waals surface area contributed by atoms with Gasteiger partial charge in [0.25, 0.3) is 5.91 Å². The molecule has 29 heavy (non-hydrogen) atoms. The normalized spacial score (nSPS) is 16.9. The second-order valence-electron chi connectivity index (χ2n) is 7.43. The number of aliphatic hydroxyl groups excluding tert-OH is 1. The van der Waals surface area contributed by atoms with Crippen molar-refractivity contribution in [3.8, 4) is 0 Å². The highest BCUT2D eigenvalue weighted by atomic mass is 32.1. The zero-order chi connectivity index (χ0) is 20.9. The van der Waals surface area contributed by atoms with Crippen molar-refractivity contribution in [2.45, 2.75) is 40.2 Å². The molecule has 3 aromatic rings. The van der Waals surface area contributed by atoms with Crippen LogP contribution in [0.1, 0.15) is 41.6 Å². The number of carbonyl (C=O) groups is 2. The van der Waals surface area contributed by atoms with E-state index in [2.05, 4.69) is 11.1 Å². The summed E-state index contributed by atoms with van der Waals surface area (Å²) in [4.78, 5) is 31.8. The third-order valence-electron chi connectivity index (χ3n) is 5.39. The summed E-state index contributed by atoms with van der Waals surface area (Å²) in [7, 11) is 0. The number of aryl methyl sites for hydroxylation is 3. The molecular weight excluding hydrogens is 384 g/mol. The Hall–Kier alpha value is -2.99. The fourth-order valence-corrected chi connectivity index (χ4v) is 4.78. The first-order valence-electron chi connectivity index (χ1n) is 9.56. The van der Waals surface area contributed by atoms with Gasteiger partial charge in [-0.3, -0.25) is 14.5 Å². The van der Waals surface area contributed by atoms with Crippen LogP contribution in [0.4, 0.5) is 5.13 Å². The molecule has 2 aromatic carbocycles. The number of hydrogen-bond donors (Lipinski definition) is 1. The second-order valence-corrected chi connectivity index (χ2v) is 8.44. The van der Waals surface area contributed by atoms with Crippen LogP contribution >= 0.6 is 11.3 Å². The van der Waals surface area contributed by atoms with E-state index in [0.29, 0.717) is 5.13 Å². The number of aliphatic hydroxyl groups is 1. The molecule has 0 saturated carbocycles. The third kappa shape index (κ3) is 3.13. The number of aromatic nitrogens is 1. The highest BCUT2D eigenvalue weighted by Crippen LogP contribution is 2.44. The third-order valence-corrected chi connectivity index (χ3v) is 6.40. The van der Waals surface area contributed by atoms with Crippen molar-refractivity contribution < 1.29 is 14.7 Å². The standard InChI is InChI=1S/C23H22N2O3S/c1-5-17(26)19-20(15-8-6-7-12(2)9-15)25(22(28)21(19)27)23-24-16-10-13(3)14(4)11-18(16)29-23/h6-11,20,27H,5H2,1-4H3. The van der Waals surface area contributed by atoms with Gasteiger partial charge in [0.05, 0.1) is 21.8 Å². The average molecular weight is 407 g/mol. The van der Waals surface area contributed by atoms with Crippen LogP contribution in [0.2, 0.25) is 0 Å². The van der Waals surface area contributed by atoms with E-state index in [4.69, 9.17) is 0 Å². The van der Waals surface area contributed by atoms with E-state index in [1.54, 1.807) is 6.92 Å². The molecule has 1 aliphatic rings. The molecule has 0 radical (unpaired) electrons. The van der Waals surface area contributed by atoms with E-state index in [1.807, 2.05) is 51.1 Å². The van der Waals surface area contributed by atoms with Crippen molar-refractivity contribution in [3.05, 3.63) is 70.0 Å². The van der Waals surface area contributed by atoms with Gasteiger partial charge in [0.2, 0.25) is 0 Å². The van der Waals surface area contributed by atoms with Gasteiger partial charge in [-0.25, -0.2) is 4.98 Å². The van der Waals surface area contributed by atoms with Gasteiger partial charge >= 0.3 is 0 Å². The van der Waals surface area contributed by atoms with Crippen molar-refractivity contribution in [2.75, 3.05) is 4.90 Å². The van der Waals surface area contributed by atoms with Crippen LogP contribution in [0.15, 0.2) is 47.7 Å². The molecule has 5 nitrogen and oxygen atoms in total. The lowest BCUT2D eigenvalue weighted by Crippen LogP contribution is -2.30. The van der Waals surface area contributed by atoms with Crippen LogP contribution in [-0.2, 0) is 9.59 Å². The average Bonchev–Trinajstić information content (AvgIpc) is 3.20. The molecule has 1 atom stereocenters. The predicted octanol–water partition coefficient (Wildman–Crippen LogP) is 5.10. The Labute approximate surface area is 173 Å². The van der Waals surface area contributed by atoms with Crippen molar-refractivity contribution in [2.24, 2.45) is 0 Å². The zero-order valence-corrected chi connectivity index (χ0v) is 17.6. The van der Waals surface area contributed by atoms with Gasteiger partial charge in [-0.15, -0.1) is 0 Å². The molecule has 1 aliphatic heterocycles. The first-order valence-corrected chi connectivity index (χ1v) is 10.4. The number of amides is 1. The summed E-state index contributed by atoms with van der Waals surface area (Å²) < 4.78 is 0.966. The number of hydrogen-bond acceptors (Lipinski definition) is 5. The smallest absolute Gasteiger partial charge is 0.296 e. The summed E-state index contributed by atoms with van der Waals surface area (Å²) in [6.07, 6.45) is 0.209. The summed E-state index contributed by atoms with van der Waals surface area (Å²) in [6, 6.07) is 11.0. The van der Waals surface area contributed by atoms with Crippen molar-refractivity contribution >= 4 is 38.4 Å². The highest BCUT2D eigenvalue weighted by Gasteiger charge is 2.45. The number of thiazole rings is 1. The molecule has 1 N–H and O–H groups in total. The van der Waals surface area contributed by atoms with E-state index in [0.717, 1.165) is 32.5 Å². The summed E-state index contributed by atoms with van der Waals surface area (Å²) in [5, 5.41) is 11.1. The number of carbonyl (C=O) groups excluding carboxylic acids is 2. The lowest BCUT2D eigenvalue weighted by molar-refractivity contribution is -0.118. The molecule has 0 saturated heterocycles. The quantitative estimate of drug-likeness (QED) is 0.654. The Morgan fingerprint density at radius 2 is 1.90 bits per heavy atom. The minimum Gasteiger partial charge on any atom is -0.503 e. The number of anilines is 1. The predicted molar refractivity (Wildman–Crippen MR) is 115 cm³/mol. The Kier molecular flexibility index (Phi) is 4.74. The molecule has 6 heteroatoms. The van der Waals surface area contributed by atoms with Crippen LogP contribution in [0.3, 0.4) is 0 Å². The number of Topliss-reactive ketones (excluding diaryl/α,β-unsaturated/α-hetero) is 1. The fraction of sp³-hybridized carbons (Fsp3) is 0.261. The molecule has 1 unspecified atom stereocenters. The lowest BCUT2D eigenvalue weighted by Gasteiger charge is -2.24. The first kappa shape index (κ1) is 19.3. The van der Waals surface area contributed by atoms with Gasteiger partial charge in [-0.05, 0) is 49.6 Å². The molecule has 1 amide bonds. The summed E-state index contributed by atoms with van der Waals surface area (Å²) in [5.41, 5.74) is 5.03. The number of benzene rings is 2.